The Hall–Kier alpha value is -3.81. The predicted molar refractivity (Wildman–Crippen MR) is 117 cm³/mol. The van der Waals surface area contributed by atoms with Crippen molar-refractivity contribution >= 4 is 23.1 Å². The van der Waals surface area contributed by atoms with Gasteiger partial charge in [0.2, 0.25) is 5.91 Å². The van der Waals surface area contributed by atoms with Crippen molar-refractivity contribution in [3.8, 4) is 0 Å². The molecule has 2 heterocycles. The summed E-state index contributed by atoms with van der Waals surface area (Å²) in [6, 6.07) is 15.8. The van der Waals surface area contributed by atoms with E-state index in [1.165, 1.54) is 17.7 Å². The Morgan fingerprint density at radius 2 is 1.81 bits per heavy atom. The van der Waals surface area contributed by atoms with Gasteiger partial charge >= 0.3 is 0 Å². The lowest BCUT2D eigenvalue weighted by Crippen LogP contribution is -2.14. The summed E-state index contributed by atoms with van der Waals surface area (Å²) in [7, 11) is 0. The molecule has 0 saturated heterocycles. The minimum absolute atomic E-state index is 0.0920. The molecule has 2 aromatic carbocycles. The number of aromatic nitrogens is 4. The van der Waals surface area contributed by atoms with Crippen molar-refractivity contribution in [3.05, 3.63) is 82.9 Å². The lowest BCUT2D eigenvalue weighted by atomic mass is 10.1. The summed E-state index contributed by atoms with van der Waals surface area (Å²) in [5, 5.41) is 18.9. The summed E-state index contributed by atoms with van der Waals surface area (Å²) >= 11 is 0. The van der Waals surface area contributed by atoms with Crippen LogP contribution in [0.15, 0.2) is 54.6 Å². The summed E-state index contributed by atoms with van der Waals surface area (Å²) in [5.41, 5.74) is 4.64. The molecule has 0 atom stereocenters. The number of amides is 1. The van der Waals surface area contributed by atoms with Gasteiger partial charge in [0.05, 0.1) is 0 Å². The summed E-state index contributed by atoms with van der Waals surface area (Å²) in [6.07, 6.45) is 0.675. The number of benzene rings is 2. The molecule has 0 saturated carbocycles. The molecule has 0 fully saturated rings. The Morgan fingerprint density at radius 3 is 2.58 bits per heavy atom. The number of anilines is 2. The van der Waals surface area contributed by atoms with Gasteiger partial charge in [-0.15, -0.1) is 15.3 Å². The molecule has 0 bridgehead atoms. The molecular formula is C23H23FN6O. The van der Waals surface area contributed by atoms with Crippen LogP contribution in [0.3, 0.4) is 0 Å². The molecule has 4 aromatic rings. The smallest absolute Gasteiger partial charge is 0.224 e. The van der Waals surface area contributed by atoms with Gasteiger partial charge in [-0.2, -0.15) is 4.52 Å². The van der Waals surface area contributed by atoms with E-state index in [4.69, 9.17) is 0 Å². The van der Waals surface area contributed by atoms with Crippen LogP contribution in [0.2, 0.25) is 0 Å². The number of carbonyl (C=O) groups is 1. The van der Waals surface area contributed by atoms with Crippen LogP contribution in [-0.2, 0) is 17.8 Å². The summed E-state index contributed by atoms with van der Waals surface area (Å²) in [5.74, 6) is 0.887. The van der Waals surface area contributed by atoms with Gasteiger partial charge in [-0.25, -0.2) is 4.39 Å². The first kappa shape index (κ1) is 20.5. The molecule has 2 aromatic heterocycles. The van der Waals surface area contributed by atoms with E-state index in [-0.39, 0.29) is 18.1 Å². The van der Waals surface area contributed by atoms with Gasteiger partial charge in [-0.05, 0) is 66.9 Å². The molecule has 0 unspecified atom stereocenters. The van der Waals surface area contributed by atoms with Gasteiger partial charge in [0.15, 0.2) is 11.5 Å². The highest BCUT2D eigenvalue weighted by Crippen LogP contribution is 2.15. The fourth-order valence-electron chi connectivity index (χ4n) is 3.15. The minimum atomic E-state index is -0.265. The first-order valence-corrected chi connectivity index (χ1v) is 10.0. The van der Waals surface area contributed by atoms with Crippen molar-refractivity contribution in [2.75, 3.05) is 10.6 Å². The van der Waals surface area contributed by atoms with Crippen LogP contribution in [0.1, 0.15) is 28.9 Å². The predicted octanol–water partition coefficient (Wildman–Crippen LogP) is 4.06. The van der Waals surface area contributed by atoms with Crippen LogP contribution >= 0.6 is 0 Å². The molecule has 0 radical (unpaired) electrons. The van der Waals surface area contributed by atoms with E-state index in [0.29, 0.717) is 30.3 Å². The number of hydrogen-bond acceptors (Lipinski definition) is 5. The lowest BCUT2D eigenvalue weighted by Gasteiger charge is -2.08. The van der Waals surface area contributed by atoms with Crippen LogP contribution in [0.4, 0.5) is 15.9 Å². The fraction of sp³-hybridized carbons (Fsp3) is 0.217. The standard InChI is InChI=1S/C23H23FN6O/c1-15-3-8-19(13-16(15)2)26-23(31)12-11-22-28-27-21-10-9-20(29-30(21)22)25-14-17-4-6-18(24)7-5-17/h3-10,13H,11-12,14H2,1-2H3,(H,25,29)(H,26,31). The van der Waals surface area contributed by atoms with E-state index < -0.39 is 0 Å². The summed E-state index contributed by atoms with van der Waals surface area (Å²) < 4.78 is 14.7. The molecule has 158 valence electrons. The first-order chi connectivity index (χ1) is 15.0. The molecule has 31 heavy (non-hydrogen) atoms. The van der Waals surface area contributed by atoms with Crippen molar-refractivity contribution in [1.82, 2.24) is 19.8 Å². The maximum atomic E-state index is 13.0. The minimum Gasteiger partial charge on any atom is -0.365 e. The quantitative estimate of drug-likeness (QED) is 0.473. The molecular weight excluding hydrogens is 395 g/mol. The van der Waals surface area contributed by atoms with Crippen LogP contribution < -0.4 is 10.6 Å². The number of aryl methyl sites for hydroxylation is 3. The van der Waals surface area contributed by atoms with Crippen molar-refractivity contribution in [1.29, 1.82) is 0 Å². The zero-order valence-corrected chi connectivity index (χ0v) is 17.4. The van der Waals surface area contributed by atoms with Gasteiger partial charge in [0, 0.05) is 25.1 Å². The third kappa shape index (κ3) is 5.03. The monoisotopic (exact) mass is 418 g/mol. The van der Waals surface area contributed by atoms with Crippen LogP contribution in [0.5, 0.6) is 0 Å². The molecule has 7 nitrogen and oxygen atoms in total. The third-order valence-electron chi connectivity index (χ3n) is 5.08. The summed E-state index contributed by atoms with van der Waals surface area (Å²) in [6.45, 7) is 4.56. The first-order valence-electron chi connectivity index (χ1n) is 10.0. The Balaban J connectivity index is 1.39. The second kappa shape index (κ2) is 8.91. The van der Waals surface area contributed by atoms with Crippen molar-refractivity contribution < 1.29 is 9.18 Å². The average molecular weight is 418 g/mol. The van der Waals surface area contributed by atoms with E-state index >= 15 is 0 Å². The van der Waals surface area contributed by atoms with E-state index in [2.05, 4.69) is 25.9 Å². The average Bonchev–Trinajstić information content (AvgIpc) is 3.17. The normalized spacial score (nSPS) is 10.9. The van der Waals surface area contributed by atoms with E-state index in [9.17, 15) is 9.18 Å². The zero-order valence-electron chi connectivity index (χ0n) is 17.4. The van der Waals surface area contributed by atoms with Crippen molar-refractivity contribution in [2.24, 2.45) is 0 Å². The van der Waals surface area contributed by atoms with Gasteiger partial charge in [-0.1, -0.05) is 18.2 Å². The second-order valence-corrected chi connectivity index (χ2v) is 7.43. The van der Waals surface area contributed by atoms with Gasteiger partial charge in [0.25, 0.3) is 0 Å². The Morgan fingerprint density at radius 1 is 1.00 bits per heavy atom. The topological polar surface area (TPSA) is 84.2 Å². The molecule has 4 rings (SSSR count). The van der Waals surface area contributed by atoms with Gasteiger partial charge in [-0.3, -0.25) is 4.79 Å². The Bertz CT molecular complexity index is 1220. The number of halogens is 1. The highest BCUT2D eigenvalue weighted by molar-refractivity contribution is 5.90. The molecule has 2 N–H and O–H groups in total. The molecule has 8 heteroatoms. The molecule has 0 aliphatic carbocycles. The SMILES string of the molecule is Cc1ccc(NC(=O)CCc2nnc3ccc(NCc4ccc(F)cc4)nn23)cc1C. The van der Waals surface area contributed by atoms with Crippen LogP contribution in [0.25, 0.3) is 5.65 Å². The van der Waals surface area contributed by atoms with Crippen LogP contribution in [-0.4, -0.2) is 25.7 Å². The van der Waals surface area contributed by atoms with E-state index in [1.54, 1.807) is 16.6 Å². The number of hydrogen-bond donors (Lipinski definition) is 2. The number of fused-ring (bicyclic) bond motifs is 1. The maximum absolute atomic E-state index is 13.0. The third-order valence-corrected chi connectivity index (χ3v) is 5.08. The largest absolute Gasteiger partial charge is 0.365 e. The van der Waals surface area contributed by atoms with Crippen molar-refractivity contribution in [3.63, 3.8) is 0 Å². The van der Waals surface area contributed by atoms with E-state index in [1.807, 2.05) is 44.2 Å². The molecule has 1 amide bonds. The number of nitrogens with zero attached hydrogens (tertiary/aromatic N) is 4. The lowest BCUT2D eigenvalue weighted by molar-refractivity contribution is -0.116. The second-order valence-electron chi connectivity index (χ2n) is 7.43. The summed E-state index contributed by atoms with van der Waals surface area (Å²) in [4.78, 5) is 12.4. The van der Waals surface area contributed by atoms with Crippen molar-refractivity contribution in [2.45, 2.75) is 33.2 Å². The number of rotatable bonds is 7. The fourth-order valence-corrected chi connectivity index (χ4v) is 3.15. The number of nitrogens with one attached hydrogen (secondary N) is 2. The van der Waals surface area contributed by atoms with E-state index in [0.717, 1.165) is 16.8 Å². The molecule has 0 aliphatic rings. The Labute approximate surface area is 179 Å². The molecule has 0 spiro atoms. The zero-order chi connectivity index (χ0) is 21.8. The highest BCUT2D eigenvalue weighted by atomic mass is 19.1. The number of carbonyl (C=O) groups excluding carboxylic acids is 1. The van der Waals surface area contributed by atoms with Gasteiger partial charge in [0.1, 0.15) is 11.6 Å². The maximum Gasteiger partial charge on any atom is 0.224 e. The van der Waals surface area contributed by atoms with Crippen LogP contribution in [0, 0.1) is 19.7 Å². The Kier molecular flexibility index (Phi) is 5.88. The van der Waals surface area contributed by atoms with Gasteiger partial charge < -0.3 is 10.6 Å². The highest BCUT2D eigenvalue weighted by Gasteiger charge is 2.11. The molecule has 0 aliphatic heterocycles.